The minimum atomic E-state index is 0.310. The van der Waals surface area contributed by atoms with Crippen LogP contribution in [0.3, 0.4) is 0 Å². The molecule has 88 valence electrons. The summed E-state index contributed by atoms with van der Waals surface area (Å²) in [5, 5.41) is 26.7. The van der Waals surface area contributed by atoms with Gasteiger partial charge >= 0.3 is 0 Å². The molecule has 0 fully saturated rings. The maximum absolute atomic E-state index is 11.1. The van der Waals surface area contributed by atoms with Gasteiger partial charge in [-0.15, -0.1) is 0 Å². The summed E-state index contributed by atoms with van der Waals surface area (Å²) in [6.45, 7) is 5.21. The Kier molecular flexibility index (Phi) is 2.51. The highest BCUT2D eigenvalue weighted by Gasteiger charge is 2.23. The first kappa shape index (κ1) is 10.5. The molecular formula is C9H14N4O3. The average Bonchev–Trinajstić information content (AvgIpc) is 2.69. The summed E-state index contributed by atoms with van der Waals surface area (Å²) < 4.78 is 5.42. The molecule has 0 bridgehead atoms. The molecule has 0 saturated carbocycles. The number of hydrogen-bond acceptors (Lipinski definition) is 5. The molecule has 0 saturated heterocycles. The summed E-state index contributed by atoms with van der Waals surface area (Å²) in [7, 11) is 0. The Balaban J connectivity index is 2.60. The van der Waals surface area contributed by atoms with E-state index in [1.807, 2.05) is 13.8 Å². The zero-order valence-corrected chi connectivity index (χ0v) is 9.15. The van der Waals surface area contributed by atoms with Crippen LogP contribution in [0.25, 0.3) is 11.1 Å². The van der Waals surface area contributed by atoms with E-state index in [0.29, 0.717) is 45.5 Å². The van der Waals surface area contributed by atoms with E-state index in [9.17, 15) is 10.4 Å². The van der Waals surface area contributed by atoms with Crippen molar-refractivity contribution in [3.8, 4) is 0 Å². The Bertz CT molecular complexity index is 502. The van der Waals surface area contributed by atoms with Crippen molar-refractivity contribution < 1.29 is 14.5 Å². The van der Waals surface area contributed by atoms with Crippen LogP contribution >= 0.6 is 0 Å². The zero-order chi connectivity index (χ0) is 11.7. The number of nitrogens with one attached hydrogen (secondary N) is 2. The first-order valence-electron chi connectivity index (χ1n) is 5.13. The van der Waals surface area contributed by atoms with Crippen LogP contribution in [0.5, 0.6) is 0 Å². The molecule has 0 spiro atoms. The second kappa shape index (κ2) is 3.84. The molecule has 2 rings (SSSR count). The predicted molar refractivity (Wildman–Crippen MR) is 58.7 cm³/mol. The lowest BCUT2D eigenvalue weighted by atomic mass is 10.4. The number of anilines is 2. The molecule has 0 atom stereocenters. The smallest absolute Gasteiger partial charge is 0.256 e. The minimum absolute atomic E-state index is 0.310. The third-order valence-electron chi connectivity index (χ3n) is 2.21. The highest BCUT2D eigenvalue weighted by atomic mass is 16.6. The van der Waals surface area contributed by atoms with Gasteiger partial charge in [0.05, 0.1) is 0 Å². The van der Waals surface area contributed by atoms with Gasteiger partial charge in [-0.2, -0.15) is 0 Å². The second-order valence-electron chi connectivity index (χ2n) is 3.30. The lowest BCUT2D eigenvalue weighted by Crippen LogP contribution is -2.35. The number of nitrogens with zero attached hydrogens (tertiary/aromatic N) is 2. The highest BCUT2D eigenvalue weighted by Crippen LogP contribution is 2.33. The van der Waals surface area contributed by atoms with Crippen LogP contribution < -0.4 is 15.5 Å². The molecule has 0 aliphatic heterocycles. The fourth-order valence-electron chi connectivity index (χ4n) is 1.61. The molecule has 0 amide bonds. The fraction of sp³-hybridized carbons (Fsp3) is 0.444. The van der Waals surface area contributed by atoms with Crippen molar-refractivity contribution in [1.82, 2.24) is 4.85 Å². The van der Waals surface area contributed by atoms with E-state index in [4.69, 9.17) is 4.42 Å². The summed E-state index contributed by atoms with van der Waals surface area (Å²) in [5.74, 6) is 0.526. The lowest BCUT2D eigenvalue weighted by molar-refractivity contribution is -0.722. The zero-order valence-electron chi connectivity index (χ0n) is 9.15. The minimum Gasteiger partial charge on any atom is -0.593 e. The van der Waals surface area contributed by atoms with Crippen LogP contribution in [-0.2, 0) is 0 Å². The number of furan rings is 1. The van der Waals surface area contributed by atoms with Crippen LogP contribution in [0.15, 0.2) is 10.6 Å². The summed E-state index contributed by atoms with van der Waals surface area (Å²) >= 11 is 0. The number of rotatable bonds is 4. The Labute approximate surface area is 91.8 Å². The average molecular weight is 226 g/mol. The normalized spacial score (nSPS) is 10.9. The van der Waals surface area contributed by atoms with Crippen molar-refractivity contribution in [2.45, 2.75) is 13.8 Å². The molecule has 16 heavy (non-hydrogen) atoms. The molecule has 0 aliphatic carbocycles. The van der Waals surface area contributed by atoms with Gasteiger partial charge in [-0.25, -0.2) is 0 Å². The first-order chi connectivity index (χ1) is 7.69. The van der Waals surface area contributed by atoms with Crippen molar-refractivity contribution in [1.29, 1.82) is 0 Å². The molecule has 2 aromatic heterocycles. The molecule has 2 aromatic rings. The largest absolute Gasteiger partial charge is 0.593 e. The predicted octanol–water partition coefficient (Wildman–Crippen LogP) is 0.969. The van der Waals surface area contributed by atoms with E-state index in [0.717, 1.165) is 0 Å². The maximum atomic E-state index is 11.1. The first-order valence-corrected chi connectivity index (χ1v) is 5.13. The number of aromatic nitrogens is 2. The Hall–Kier alpha value is -2.05. The third kappa shape index (κ3) is 1.40. The summed E-state index contributed by atoms with van der Waals surface area (Å²) in [6, 6.07) is 0. The van der Waals surface area contributed by atoms with E-state index in [2.05, 4.69) is 10.6 Å². The van der Waals surface area contributed by atoms with Crippen molar-refractivity contribution in [2.24, 2.45) is 0 Å². The standard InChI is InChI=1S/C9H14N4O3/c1-3-10-7-8-6(5-12(14)13(8)15)16-9(7)11-4-2/h5,10-11,15H,3-4H2,1-2H3. The monoisotopic (exact) mass is 226 g/mol. The molecule has 0 radical (unpaired) electrons. The SMILES string of the molecule is CCNc1oc2c[n+]([O-])n(O)c2c1NCC. The van der Waals surface area contributed by atoms with Gasteiger partial charge in [-0.3, -0.25) is 0 Å². The van der Waals surface area contributed by atoms with Gasteiger partial charge in [-0.1, -0.05) is 0 Å². The summed E-state index contributed by atoms with van der Waals surface area (Å²) in [5.41, 5.74) is 1.27. The van der Waals surface area contributed by atoms with E-state index in [-0.39, 0.29) is 0 Å². The molecule has 0 aromatic carbocycles. The lowest BCUT2D eigenvalue weighted by Gasteiger charge is -2.04. The maximum Gasteiger partial charge on any atom is 0.256 e. The molecule has 7 heteroatoms. The fourth-order valence-corrected chi connectivity index (χ4v) is 1.61. The molecule has 0 unspecified atom stereocenters. The second-order valence-corrected chi connectivity index (χ2v) is 3.30. The van der Waals surface area contributed by atoms with Crippen molar-refractivity contribution in [2.75, 3.05) is 23.7 Å². The van der Waals surface area contributed by atoms with Crippen LogP contribution in [0.1, 0.15) is 13.8 Å². The van der Waals surface area contributed by atoms with E-state index in [1.165, 1.54) is 6.20 Å². The number of hydrogen-bond donors (Lipinski definition) is 3. The van der Waals surface area contributed by atoms with Gasteiger partial charge < -0.3 is 25.5 Å². The summed E-state index contributed by atoms with van der Waals surface area (Å²) in [4.78, 5) is 0.822. The van der Waals surface area contributed by atoms with E-state index < -0.39 is 0 Å². The van der Waals surface area contributed by atoms with Gasteiger partial charge in [-0.05, 0) is 18.7 Å². The molecule has 2 heterocycles. The van der Waals surface area contributed by atoms with Gasteiger partial charge in [0.2, 0.25) is 17.0 Å². The highest BCUT2D eigenvalue weighted by molar-refractivity contribution is 5.93. The Morgan fingerprint density at radius 2 is 2.12 bits per heavy atom. The van der Waals surface area contributed by atoms with E-state index >= 15 is 0 Å². The van der Waals surface area contributed by atoms with Gasteiger partial charge in [0.25, 0.3) is 6.20 Å². The van der Waals surface area contributed by atoms with Crippen LogP contribution in [0, 0.1) is 5.21 Å². The molecule has 0 aliphatic rings. The van der Waals surface area contributed by atoms with Crippen LogP contribution in [0.2, 0.25) is 0 Å². The van der Waals surface area contributed by atoms with Crippen LogP contribution in [-0.4, -0.2) is 23.1 Å². The Morgan fingerprint density at radius 1 is 1.44 bits per heavy atom. The van der Waals surface area contributed by atoms with Crippen molar-refractivity contribution >= 4 is 22.7 Å². The summed E-state index contributed by atoms with van der Waals surface area (Å²) in [6.07, 6.45) is 1.18. The number of fused-ring (bicyclic) bond motifs is 1. The van der Waals surface area contributed by atoms with E-state index in [1.54, 1.807) is 0 Å². The molecule has 3 N–H and O–H groups in total. The van der Waals surface area contributed by atoms with Crippen molar-refractivity contribution in [3.63, 3.8) is 0 Å². The molecule has 7 nitrogen and oxygen atoms in total. The quantitative estimate of drug-likeness (QED) is 0.410. The van der Waals surface area contributed by atoms with Gasteiger partial charge in [0, 0.05) is 17.9 Å². The van der Waals surface area contributed by atoms with Crippen molar-refractivity contribution in [3.05, 3.63) is 11.4 Å². The topological polar surface area (TPSA) is 89.3 Å². The molecular weight excluding hydrogens is 212 g/mol. The van der Waals surface area contributed by atoms with Gasteiger partial charge in [0.1, 0.15) is 5.69 Å². The van der Waals surface area contributed by atoms with Crippen LogP contribution in [0.4, 0.5) is 11.6 Å². The Morgan fingerprint density at radius 3 is 2.75 bits per heavy atom. The third-order valence-corrected chi connectivity index (χ3v) is 2.21. The van der Waals surface area contributed by atoms with Gasteiger partial charge in [0.15, 0.2) is 0 Å².